The molecule has 3 rings (SSSR count). The number of rotatable bonds is 6. The number of piperidine rings is 1. The van der Waals surface area contributed by atoms with E-state index in [4.69, 9.17) is 11.6 Å². The number of halogens is 1. The molecule has 0 atom stereocenters. The van der Waals surface area contributed by atoms with Gasteiger partial charge in [-0.2, -0.15) is 4.31 Å². The molecule has 1 aliphatic rings. The van der Waals surface area contributed by atoms with Crippen LogP contribution in [0.1, 0.15) is 25.3 Å². The Morgan fingerprint density at radius 3 is 2.40 bits per heavy atom. The maximum Gasteiger partial charge on any atom is 0.289 e. The van der Waals surface area contributed by atoms with Gasteiger partial charge in [-0.25, -0.2) is 8.42 Å². The van der Waals surface area contributed by atoms with Crippen molar-refractivity contribution < 1.29 is 18.1 Å². The Morgan fingerprint density at radius 1 is 1.20 bits per heavy atom. The molecule has 1 N–H and O–H groups in total. The quantitative estimate of drug-likeness (QED) is 0.529. The average Bonchev–Trinajstić information content (AvgIpc) is 2.74. The lowest BCUT2D eigenvalue weighted by Gasteiger charge is -2.30. The van der Waals surface area contributed by atoms with Crippen LogP contribution in [0.25, 0.3) is 0 Å². The molecule has 1 heterocycles. The molecule has 2 aromatic carbocycles. The molecule has 0 bridgehead atoms. The fourth-order valence-corrected chi connectivity index (χ4v) is 5.05. The van der Waals surface area contributed by atoms with Gasteiger partial charge in [0.05, 0.1) is 9.82 Å². The van der Waals surface area contributed by atoms with Crippen molar-refractivity contribution in [3.63, 3.8) is 0 Å². The summed E-state index contributed by atoms with van der Waals surface area (Å²) < 4.78 is 27.0. The van der Waals surface area contributed by atoms with E-state index in [0.29, 0.717) is 18.5 Å². The van der Waals surface area contributed by atoms with Crippen LogP contribution in [0.15, 0.2) is 47.4 Å². The highest BCUT2D eigenvalue weighted by Gasteiger charge is 2.33. The molecule has 2 aromatic rings. The number of sulfonamides is 1. The Hall–Kier alpha value is -2.49. The molecule has 30 heavy (non-hydrogen) atoms. The Morgan fingerprint density at radius 2 is 1.83 bits per heavy atom. The first-order chi connectivity index (χ1) is 14.2. The zero-order valence-electron chi connectivity index (χ0n) is 16.4. The summed E-state index contributed by atoms with van der Waals surface area (Å²) in [5.74, 6) is -0.444. The summed E-state index contributed by atoms with van der Waals surface area (Å²) >= 11 is 5.77. The summed E-state index contributed by atoms with van der Waals surface area (Å²) in [6.07, 6.45) is 1.65. The fraction of sp³-hybridized carbons (Fsp3) is 0.350. The normalized spacial score (nSPS) is 15.7. The van der Waals surface area contributed by atoms with Crippen LogP contribution >= 0.6 is 11.6 Å². The molecule has 1 amide bonds. The van der Waals surface area contributed by atoms with Crippen LogP contribution in [0.2, 0.25) is 5.02 Å². The highest BCUT2D eigenvalue weighted by molar-refractivity contribution is 7.89. The van der Waals surface area contributed by atoms with Crippen LogP contribution in [0.5, 0.6) is 0 Å². The van der Waals surface area contributed by atoms with Gasteiger partial charge in [0.15, 0.2) is 0 Å². The van der Waals surface area contributed by atoms with Crippen molar-refractivity contribution in [2.45, 2.75) is 31.1 Å². The third-order valence-corrected chi connectivity index (χ3v) is 7.42. The second-order valence-electron chi connectivity index (χ2n) is 7.09. The van der Waals surface area contributed by atoms with Crippen LogP contribution in [0.4, 0.5) is 11.4 Å². The van der Waals surface area contributed by atoms with Crippen molar-refractivity contribution in [1.82, 2.24) is 4.31 Å². The largest absolute Gasteiger partial charge is 0.326 e. The monoisotopic (exact) mass is 451 g/mol. The Kier molecular flexibility index (Phi) is 6.74. The van der Waals surface area contributed by atoms with E-state index in [9.17, 15) is 23.3 Å². The molecular formula is C20H22ClN3O5S. The van der Waals surface area contributed by atoms with E-state index >= 15 is 0 Å². The predicted molar refractivity (Wildman–Crippen MR) is 114 cm³/mol. The number of carbonyl (C=O) groups excluding carboxylic acids is 1. The van der Waals surface area contributed by atoms with Gasteiger partial charge < -0.3 is 5.32 Å². The molecule has 0 aliphatic carbocycles. The zero-order valence-corrected chi connectivity index (χ0v) is 17.9. The average molecular weight is 452 g/mol. The highest BCUT2D eigenvalue weighted by Crippen LogP contribution is 2.30. The minimum atomic E-state index is -3.91. The second kappa shape index (κ2) is 9.11. The highest BCUT2D eigenvalue weighted by atomic mass is 35.5. The predicted octanol–water partition coefficient (Wildman–Crippen LogP) is 3.85. The second-order valence-corrected chi connectivity index (χ2v) is 9.43. The number of hydrogen-bond donors (Lipinski definition) is 1. The lowest BCUT2D eigenvalue weighted by molar-refractivity contribution is -0.384. The molecule has 10 heteroatoms. The van der Waals surface area contributed by atoms with Gasteiger partial charge in [0.25, 0.3) is 5.69 Å². The van der Waals surface area contributed by atoms with Gasteiger partial charge in [0.1, 0.15) is 5.02 Å². The van der Waals surface area contributed by atoms with Crippen molar-refractivity contribution in [2.75, 3.05) is 18.4 Å². The van der Waals surface area contributed by atoms with Crippen LogP contribution in [0.3, 0.4) is 0 Å². The Balaban J connectivity index is 1.64. The van der Waals surface area contributed by atoms with E-state index in [1.54, 1.807) is 0 Å². The van der Waals surface area contributed by atoms with Crippen molar-refractivity contribution in [3.8, 4) is 0 Å². The maximum atomic E-state index is 12.9. The van der Waals surface area contributed by atoms with E-state index < -0.39 is 20.6 Å². The molecule has 0 radical (unpaired) electrons. The molecule has 0 saturated carbocycles. The number of carbonyl (C=O) groups is 1. The van der Waals surface area contributed by atoms with Crippen molar-refractivity contribution in [3.05, 3.63) is 63.2 Å². The SMILES string of the molecule is CCc1ccc(NC(=O)C2CCN(S(=O)(=O)c3ccc(Cl)c([N+](=O)[O-])c3)CC2)cc1. The lowest BCUT2D eigenvalue weighted by Crippen LogP contribution is -2.41. The fourth-order valence-electron chi connectivity index (χ4n) is 3.37. The molecule has 1 saturated heterocycles. The Labute approximate surface area is 180 Å². The van der Waals surface area contributed by atoms with Crippen LogP contribution in [-0.2, 0) is 21.2 Å². The summed E-state index contributed by atoms with van der Waals surface area (Å²) in [4.78, 5) is 22.7. The number of nitrogens with one attached hydrogen (secondary N) is 1. The van der Waals surface area contributed by atoms with Crippen molar-refractivity contribution in [1.29, 1.82) is 0 Å². The smallest absolute Gasteiger partial charge is 0.289 e. The molecule has 1 fully saturated rings. The van der Waals surface area contributed by atoms with Gasteiger partial charge in [-0.05, 0) is 49.1 Å². The van der Waals surface area contributed by atoms with Gasteiger partial charge in [-0.15, -0.1) is 0 Å². The van der Waals surface area contributed by atoms with E-state index in [1.807, 2.05) is 24.3 Å². The maximum absolute atomic E-state index is 12.9. The Bertz CT molecular complexity index is 1050. The summed E-state index contributed by atoms with van der Waals surface area (Å²) in [7, 11) is -3.91. The van der Waals surface area contributed by atoms with Crippen LogP contribution < -0.4 is 5.32 Å². The topological polar surface area (TPSA) is 110 Å². The molecule has 1 aliphatic heterocycles. The van der Waals surface area contributed by atoms with Crippen LogP contribution in [-0.4, -0.2) is 36.6 Å². The number of anilines is 1. The number of nitrogens with zero attached hydrogens (tertiary/aromatic N) is 2. The molecule has 8 nitrogen and oxygen atoms in total. The van der Waals surface area contributed by atoms with E-state index in [2.05, 4.69) is 12.2 Å². The summed E-state index contributed by atoms with van der Waals surface area (Å²) in [5.41, 5.74) is 1.43. The van der Waals surface area contributed by atoms with Gasteiger partial charge >= 0.3 is 0 Å². The van der Waals surface area contributed by atoms with Gasteiger partial charge in [-0.3, -0.25) is 14.9 Å². The van der Waals surface area contributed by atoms with Gasteiger partial charge in [0.2, 0.25) is 15.9 Å². The van der Waals surface area contributed by atoms with Crippen molar-refractivity contribution >= 4 is 38.9 Å². The first kappa shape index (κ1) is 22.2. The number of amides is 1. The van der Waals surface area contributed by atoms with E-state index in [1.165, 1.54) is 22.0 Å². The number of nitro benzene ring substituents is 1. The van der Waals surface area contributed by atoms with E-state index in [-0.39, 0.29) is 34.8 Å². The zero-order chi connectivity index (χ0) is 21.9. The summed E-state index contributed by atoms with van der Waals surface area (Å²) in [5, 5.41) is 13.8. The molecule has 0 aromatic heterocycles. The number of nitro groups is 1. The first-order valence-corrected chi connectivity index (χ1v) is 11.4. The number of aryl methyl sites for hydroxylation is 1. The standard InChI is InChI=1S/C20H22ClN3O5S/c1-2-14-3-5-16(6-4-14)22-20(25)15-9-11-23(12-10-15)30(28,29)17-7-8-18(21)19(13-17)24(26)27/h3-8,13,15H,2,9-12H2,1H3,(H,22,25). The van der Waals surface area contributed by atoms with Gasteiger partial charge in [0, 0.05) is 30.8 Å². The number of hydrogen-bond acceptors (Lipinski definition) is 5. The van der Waals surface area contributed by atoms with Gasteiger partial charge in [-0.1, -0.05) is 30.7 Å². The minimum Gasteiger partial charge on any atom is -0.326 e. The summed E-state index contributed by atoms with van der Waals surface area (Å²) in [6.45, 7) is 2.37. The molecule has 0 spiro atoms. The minimum absolute atomic E-state index is 0.124. The number of benzene rings is 2. The lowest BCUT2D eigenvalue weighted by atomic mass is 9.97. The third-order valence-electron chi connectivity index (χ3n) is 5.21. The third kappa shape index (κ3) is 4.80. The molecule has 160 valence electrons. The first-order valence-electron chi connectivity index (χ1n) is 9.56. The van der Waals surface area contributed by atoms with E-state index in [0.717, 1.165) is 12.5 Å². The summed E-state index contributed by atoms with van der Waals surface area (Å²) in [6, 6.07) is 11.0. The van der Waals surface area contributed by atoms with Crippen LogP contribution in [0, 0.1) is 16.0 Å². The molecular weight excluding hydrogens is 430 g/mol. The van der Waals surface area contributed by atoms with Crippen molar-refractivity contribution in [2.24, 2.45) is 5.92 Å². The molecule has 0 unspecified atom stereocenters.